The lowest BCUT2D eigenvalue weighted by Gasteiger charge is -2.13. The molecule has 0 aliphatic carbocycles. The fraction of sp³-hybridized carbons (Fsp3) is 0.462. The summed E-state index contributed by atoms with van der Waals surface area (Å²) in [7, 11) is 3.14. The molecule has 0 saturated carbocycles. The van der Waals surface area contributed by atoms with E-state index in [9.17, 15) is 4.79 Å². The Morgan fingerprint density at radius 1 is 1.33 bits per heavy atom. The van der Waals surface area contributed by atoms with Gasteiger partial charge in [-0.3, -0.25) is 4.79 Å². The highest BCUT2D eigenvalue weighted by Gasteiger charge is 2.12. The predicted octanol–water partition coefficient (Wildman–Crippen LogP) is 3.24. The Hall–Kier alpha value is -1.42. The van der Waals surface area contributed by atoms with Crippen LogP contribution >= 0.6 is 11.6 Å². The molecule has 0 saturated heterocycles. The Morgan fingerprint density at radius 3 is 2.56 bits per heavy atom. The number of carboxylic acids is 1. The Labute approximate surface area is 111 Å². The first kappa shape index (κ1) is 14.6. The molecule has 100 valence electrons. The molecule has 0 aliphatic rings. The number of aliphatic carboxylic acids is 1. The third kappa shape index (κ3) is 4.11. The number of carboxylic acid groups (broad SMARTS) is 1. The lowest BCUT2D eigenvalue weighted by Crippen LogP contribution is -1.98. The van der Waals surface area contributed by atoms with Gasteiger partial charge in [-0.2, -0.15) is 0 Å². The van der Waals surface area contributed by atoms with E-state index in [0.717, 1.165) is 5.56 Å². The van der Waals surface area contributed by atoms with Gasteiger partial charge in [-0.15, -0.1) is 11.6 Å². The number of rotatable bonds is 7. The largest absolute Gasteiger partial charge is 0.493 e. The molecule has 0 aliphatic heterocycles. The van der Waals surface area contributed by atoms with E-state index < -0.39 is 5.97 Å². The number of benzene rings is 1. The molecule has 1 unspecified atom stereocenters. The van der Waals surface area contributed by atoms with E-state index in [2.05, 4.69) is 0 Å². The molecule has 0 heterocycles. The van der Waals surface area contributed by atoms with E-state index in [1.807, 2.05) is 12.1 Å². The minimum absolute atomic E-state index is 0.135. The molecule has 1 aromatic carbocycles. The lowest BCUT2D eigenvalue weighted by atomic mass is 10.1. The van der Waals surface area contributed by atoms with Crippen molar-refractivity contribution in [3.8, 4) is 11.5 Å². The molecular weight excluding hydrogens is 256 g/mol. The van der Waals surface area contributed by atoms with Gasteiger partial charge in [0.25, 0.3) is 0 Å². The standard InChI is InChI=1S/C13H17ClO4/c1-17-11-7-6-9(8-12(11)18-2)10(14)4-3-5-13(15)16/h6-8,10H,3-5H2,1-2H3,(H,15,16). The second kappa shape index (κ2) is 7.11. The maximum atomic E-state index is 10.4. The molecule has 0 fully saturated rings. The van der Waals surface area contributed by atoms with Gasteiger partial charge in [0, 0.05) is 6.42 Å². The minimum Gasteiger partial charge on any atom is -0.493 e. The van der Waals surface area contributed by atoms with Crippen molar-refractivity contribution in [2.45, 2.75) is 24.6 Å². The van der Waals surface area contributed by atoms with Crippen molar-refractivity contribution in [1.29, 1.82) is 0 Å². The molecule has 1 aromatic rings. The van der Waals surface area contributed by atoms with Gasteiger partial charge in [0.1, 0.15) is 0 Å². The van der Waals surface area contributed by atoms with Crippen LogP contribution in [0.3, 0.4) is 0 Å². The Morgan fingerprint density at radius 2 is 2.00 bits per heavy atom. The van der Waals surface area contributed by atoms with Crippen LogP contribution in [0.25, 0.3) is 0 Å². The molecule has 1 rings (SSSR count). The van der Waals surface area contributed by atoms with E-state index in [1.54, 1.807) is 20.3 Å². The summed E-state index contributed by atoms with van der Waals surface area (Å²) in [6.45, 7) is 0. The summed E-state index contributed by atoms with van der Waals surface area (Å²) in [5.74, 6) is 0.473. The zero-order valence-corrected chi connectivity index (χ0v) is 11.2. The fourth-order valence-electron chi connectivity index (χ4n) is 1.65. The molecule has 1 atom stereocenters. The summed E-state index contributed by atoms with van der Waals surface area (Å²) < 4.78 is 10.3. The van der Waals surface area contributed by atoms with Crippen molar-refractivity contribution in [3.05, 3.63) is 23.8 Å². The SMILES string of the molecule is COc1ccc(C(Cl)CCCC(=O)O)cc1OC. The minimum atomic E-state index is -0.800. The molecule has 18 heavy (non-hydrogen) atoms. The van der Waals surface area contributed by atoms with Gasteiger partial charge in [0.15, 0.2) is 11.5 Å². The highest BCUT2D eigenvalue weighted by molar-refractivity contribution is 6.20. The van der Waals surface area contributed by atoms with Crippen LogP contribution in [0.2, 0.25) is 0 Å². The van der Waals surface area contributed by atoms with Crippen molar-refractivity contribution in [1.82, 2.24) is 0 Å². The topological polar surface area (TPSA) is 55.8 Å². The highest BCUT2D eigenvalue weighted by atomic mass is 35.5. The quantitative estimate of drug-likeness (QED) is 0.774. The second-order valence-corrected chi connectivity index (χ2v) is 4.39. The van der Waals surface area contributed by atoms with Crippen molar-refractivity contribution in [2.75, 3.05) is 14.2 Å². The maximum absolute atomic E-state index is 10.4. The van der Waals surface area contributed by atoms with Crippen molar-refractivity contribution in [2.24, 2.45) is 0 Å². The van der Waals surface area contributed by atoms with E-state index in [1.165, 1.54) is 0 Å². The number of halogens is 1. The molecule has 0 spiro atoms. The van der Waals surface area contributed by atoms with Gasteiger partial charge in [-0.25, -0.2) is 0 Å². The van der Waals surface area contributed by atoms with Crippen LogP contribution in [0.4, 0.5) is 0 Å². The van der Waals surface area contributed by atoms with Crippen LogP contribution in [0, 0.1) is 0 Å². The monoisotopic (exact) mass is 272 g/mol. The zero-order valence-electron chi connectivity index (χ0n) is 10.5. The summed E-state index contributed by atoms with van der Waals surface area (Å²) in [5, 5.41) is 8.35. The van der Waals surface area contributed by atoms with Crippen LogP contribution in [0.1, 0.15) is 30.2 Å². The Kier molecular flexibility index (Phi) is 5.78. The molecule has 0 aromatic heterocycles. The fourth-order valence-corrected chi connectivity index (χ4v) is 1.94. The highest BCUT2D eigenvalue weighted by Crippen LogP contribution is 2.34. The second-order valence-electron chi connectivity index (χ2n) is 3.87. The average molecular weight is 273 g/mol. The normalized spacial score (nSPS) is 11.9. The first-order chi connectivity index (χ1) is 8.58. The Bertz CT molecular complexity index is 406. The van der Waals surface area contributed by atoms with E-state index >= 15 is 0 Å². The number of methoxy groups -OCH3 is 2. The van der Waals surface area contributed by atoms with Crippen molar-refractivity contribution < 1.29 is 19.4 Å². The average Bonchev–Trinajstić information content (AvgIpc) is 2.37. The van der Waals surface area contributed by atoms with E-state index in [4.69, 9.17) is 26.2 Å². The number of carbonyl (C=O) groups is 1. The number of hydrogen-bond acceptors (Lipinski definition) is 3. The molecule has 0 bridgehead atoms. The summed E-state index contributed by atoms with van der Waals surface area (Å²) >= 11 is 6.22. The predicted molar refractivity (Wildman–Crippen MR) is 69.6 cm³/mol. The van der Waals surface area contributed by atoms with Gasteiger partial charge in [0.05, 0.1) is 19.6 Å². The maximum Gasteiger partial charge on any atom is 0.303 e. The van der Waals surface area contributed by atoms with Crippen LogP contribution in [0.5, 0.6) is 11.5 Å². The number of ether oxygens (including phenoxy) is 2. The Balaban J connectivity index is 2.67. The van der Waals surface area contributed by atoms with Crippen molar-refractivity contribution in [3.63, 3.8) is 0 Å². The smallest absolute Gasteiger partial charge is 0.303 e. The van der Waals surface area contributed by atoms with E-state index in [-0.39, 0.29) is 11.8 Å². The first-order valence-corrected chi connectivity index (χ1v) is 6.10. The number of hydrogen-bond donors (Lipinski definition) is 1. The molecule has 4 nitrogen and oxygen atoms in total. The van der Waals surface area contributed by atoms with Gasteiger partial charge in [0.2, 0.25) is 0 Å². The van der Waals surface area contributed by atoms with Gasteiger partial charge >= 0.3 is 5.97 Å². The van der Waals surface area contributed by atoms with Gasteiger partial charge < -0.3 is 14.6 Å². The first-order valence-electron chi connectivity index (χ1n) is 5.66. The number of alkyl halides is 1. The lowest BCUT2D eigenvalue weighted by molar-refractivity contribution is -0.137. The van der Waals surface area contributed by atoms with Crippen LogP contribution in [-0.2, 0) is 4.79 Å². The molecule has 5 heteroatoms. The molecular formula is C13H17ClO4. The van der Waals surface area contributed by atoms with Crippen LogP contribution < -0.4 is 9.47 Å². The third-order valence-electron chi connectivity index (χ3n) is 2.62. The molecule has 0 amide bonds. The third-order valence-corrected chi connectivity index (χ3v) is 3.09. The molecule has 0 radical (unpaired) electrons. The van der Waals surface area contributed by atoms with Crippen molar-refractivity contribution >= 4 is 17.6 Å². The van der Waals surface area contributed by atoms with Crippen LogP contribution in [0.15, 0.2) is 18.2 Å². The van der Waals surface area contributed by atoms with E-state index in [0.29, 0.717) is 24.3 Å². The van der Waals surface area contributed by atoms with Gasteiger partial charge in [-0.05, 0) is 30.5 Å². The molecule has 1 N–H and O–H groups in total. The van der Waals surface area contributed by atoms with Gasteiger partial charge in [-0.1, -0.05) is 6.07 Å². The zero-order chi connectivity index (χ0) is 13.5. The summed E-state index contributed by atoms with van der Waals surface area (Å²) in [6, 6.07) is 5.47. The summed E-state index contributed by atoms with van der Waals surface area (Å²) in [5.41, 5.74) is 0.903. The van der Waals surface area contributed by atoms with Crippen LogP contribution in [-0.4, -0.2) is 25.3 Å². The summed E-state index contributed by atoms with van der Waals surface area (Å²) in [4.78, 5) is 10.4. The summed E-state index contributed by atoms with van der Waals surface area (Å²) in [6.07, 6.45) is 1.30.